The summed E-state index contributed by atoms with van der Waals surface area (Å²) in [7, 11) is -3.14. The number of halogens is 9. The summed E-state index contributed by atoms with van der Waals surface area (Å²) in [5.41, 5.74) is -6.92. The van der Waals surface area contributed by atoms with Crippen molar-refractivity contribution in [1.82, 2.24) is 0 Å². The summed E-state index contributed by atoms with van der Waals surface area (Å²) in [6.07, 6.45) is -1.31. The van der Waals surface area contributed by atoms with Crippen LogP contribution in [0.25, 0.3) is 0 Å². The Morgan fingerprint density at radius 3 is 0.774 bits per heavy atom. The van der Waals surface area contributed by atoms with E-state index in [1.54, 1.807) is 0 Å². The molecule has 3 atom stereocenters. The van der Waals surface area contributed by atoms with Gasteiger partial charge in [0, 0.05) is 0 Å². The zero-order valence-electron chi connectivity index (χ0n) is 16.1. The van der Waals surface area contributed by atoms with E-state index in [0.717, 1.165) is 0 Å². The molecular formula is C18H18BF9O3. The highest BCUT2D eigenvalue weighted by Gasteiger charge is 3.01. The van der Waals surface area contributed by atoms with Crippen LogP contribution in [0.15, 0.2) is 0 Å². The quantitative estimate of drug-likeness (QED) is 0.385. The van der Waals surface area contributed by atoms with Gasteiger partial charge >= 0.3 is 25.1 Å². The summed E-state index contributed by atoms with van der Waals surface area (Å²) < 4.78 is 144. The fraction of sp³-hybridized carbons (Fsp3) is 1.00. The van der Waals surface area contributed by atoms with E-state index in [2.05, 4.69) is 14.0 Å². The van der Waals surface area contributed by atoms with Gasteiger partial charge < -0.3 is 14.0 Å². The van der Waals surface area contributed by atoms with Crippen molar-refractivity contribution in [1.29, 1.82) is 0 Å². The topological polar surface area (TPSA) is 27.7 Å². The normalized spacial score (nSPS) is 46.7. The van der Waals surface area contributed by atoms with Crippen molar-refractivity contribution in [3.63, 3.8) is 0 Å². The van der Waals surface area contributed by atoms with Crippen LogP contribution in [0, 0.1) is 16.2 Å². The van der Waals surface area contributed by atoms with Gasteiger partial charge in [-0.3, -0.25) is 0 Å². The molecule has 0 bridgehead atoms. The molecule has 0 amide bonds. The molecule has 6 fully saturated rings. The first-order valence-electron chi connectivity index (χ1n) is 10.4. The molecule has 0 heterocycles. The summed E-state index contributed by atoms with van der Waals surface area (Å²) in [5, 5.41) is 0. The summed E-state index contributed by atoms with van der Waals surface area (Å²) in [5.74, 6) is -23.7. The monoisotopic (exact) mass is 464 g/mol. The van der Waals surface area contributed by atoms with Gasteiger partial charge in [0.1, 0.15) is 16.2 Å². The molecule has 6 aliphatic carbocycles. The Kier molecular flexibility index (Phi) is 3.39. The molecule has 3 unspecified atom stereocenters. The second-order valence-corrected chi connectivity index (χ2v) is 9.96. The number of rotatable bonds is 6. The molecule has 6 aliphatic rings. The first kappa shape index (κ1) is 20.9. The lowest BCUT2D eigenvalue weighted by molar-refractivity contribution is -0.179. The predicted molar refractivity (Wildman–Crippen MR) is 84.2 cm³/mol. The van der Waals surface area contributed by atoms with E-state index in [-0.39, 0.29) is 57.8 Å². The summed E-state index contributed by atoms with van der Waals surface area (Å²) in [6, 6.07) is 0. The van der Waals surface area contributed by atoms with E-state index < -0.39 is 58.9 Å². The average Bonchev–Trinajstić information content (AvgIpc) is 3.21. The van der Waals surface area contributed by atoms with Gasteiger partial charge in [0.25, 0.3) is 17.6 Å². The van der Waals surface area contributed by atoms with E-state index in [1.807, 2.05) is 0 Å². The molecule has 0 aromatic rings. The third-order valence-corrected chi connectivity index (χ3v) is 9.07. The Labute approximate surface area is 171 Å². The van der Waals surface area contributed by atoms with Crippen molar-refractivity contribution in [2.75, 3.05) is 0 Å². The highest BCUT2D eigenvalue weighted by Crippen LogP contribution is 2.83. The highest BCUT2D eigenvalue weighted by atomic mass is 19.3. The van der Waals surface area contributed by atoms with Crippen LogP contribution in [0.3, 0.4) is 0 Å². The van der Waals surface area contributed by atoms with Gasteiger partial charge in [0.2, 0.25) is 0 Å². The second kappa shape index (κ2) is 5.04. The van der Waals surface area contributed by atoms with Crippen LogP contribution >= 0.6 is 0 Å². The molecule has 0 aromatic carbocycles. The minimum absolute atomic E-state index is 0.222. The van der Waals surface area contributed by atoms with Gasteiger partial charge in [-0.1, -0.05) is 19.3 Å². The van der Waals surface area contributed by atoms with Crippen LogP contribution < -0.4 is 0 Å². The zero-order chi connectivity index (χ0) is 22.6. The Hall–Kier alpha value is -0.685. The van der Waals surface area contributed by atoms with Crippen molar-refractivity contribution in [3.8, 4) is 0 Å². The highest BCUT2D eigenvalue weighted by molar-refractivity contribution is 6.37. The Morgan fingerprint density at radius 1 is 0.419 bits per heavy atom. The second-order valence-electron chi connectivity index (χ2n) is 9.96. The Morgan fingerprint density at radius 2 is 0.645 bits per heavy atom. The van der Waals surface area contributed by atoms with Crippen molar-refractivity contribution < 1.29 is 53.5 Å². The molecule has 3 nitrogen and oxygen atoms in total. The van der Waals surface area contributed by atoms with E-state index in [0.29, 0.717) is 0 Å². The summed E-state index contributed by atoms with van der Waals surface area (Å²) >= 11 is 0. The molecule has 6 saturated carbocycles. The number of hydrogen-bond donors (Lipinski definition) is 0. The van der Waals surface area contributed by atoms with Crippen LogP contribution in [-0.4, -0.2) is 42.7 Å². The fourth-order valence-corrected chi connectivity index (χ4v) is 6.12. The lowest BCUT2D eigenvalue weighted by Crippen LogP contribution is -2.45. The number of hydrogen-bond acceptors (Lipinski definition) is 3. The maximum Gasteiger partial charge on any atom is 0.646 e. The molecule has 0 N–H and O–H groups in total. The largest absolute Gasteiger partial charge is 0.646 e. The first-order valence-corrected chi connectivity index (χ1v) is 10.4. The van der Waals surface area contributed by atoms with Crippen LogP contribution in [0.1, 0.15) is 57.8 Å². The Balaban J connectivity index is 1.30. The molecule has 13 heteroatoms. The SMILES string of the molecule is FC1(F)C2(CCC2)C1(F)OB(OC1(F)C(F)(F)C12CCC2)OC1(F)C(F)(F)C12CCC2. The standard InChI is InChI=1S/C18H18BF9O3/c20-13(21)10(4-1-5-10)16(13,26)29-19(30-17(27)11(6-2-7-11)14(17,22)23)31-18(28)12(8-3-9-12)15(18,24)25/h1-9H2. The van der Waals surface area contributed by atoms with Crippen molar-refractivity contribution in [2.45, 2.75) is 93.1 Å². The molecular weight excluding hydrogens is 446 g/mol. The van der Waals surface area contributed by atoms with Gasteiger partial charge in [-0.05, 0) is 38.5 Å². The first-order chi connectivity index (χ1) is 14.2. The van der Waals surface area contributed by atoms with Crippen LogP contribution in [-0.2, 0) is 14.0 Å². The maximum absolute atomic E-state index is 15.0. The fourth-order valence-electron chi connectivity index (χ4n) is 6.12. The van der Waals surface area contributed by atoms with Crippen LogP contribution in [0.2, 0.25) is 0 Å². The maximum atomic E-state index is 15.0. The lowest BCUT2D eigenvalue weighted by atomic mass is 9.80. The molecule has 0 aromatic heterocycles. The summed E-state index contributed by atoms with van der Waals surface area (Å²) in [6.45, 7) is 0. The number of alkyl halides is 9. The average molecular weight is 464 g/mol. The molecule has 6 rings (SSSR count). The Bertz CT molecular complexity index is 749. The predicted octanol–water partition coefficient (Wildman–Crippen LogP) is 5.48. The van der Waals surface area contributed by atoms with E-state index in [4.69, 9.17) is 0 Å². The molecule has 0 radical (unpaired) electrons. The van der Waals surface area contributed by atoms with E-state index in [1.165, 1.54) is 0 Å². The third-order valence-electron chi connectivity index (χ3n) is 9.07. The third kappa shape index (κ3) is 1.70. The van der Waals surface area contributed by atoms with Gasteiger partial charge in [0.05, 0.1) is 0 Å². The van der Waals surface area contributed by atoms with Crippen LogP contribution in [0.5, 0.6) is 0 Å². The smallest absolute Gasteiger partial charge is 0.348 e. The lowest BCUT2D eigenvalue weighted by Gasteiger charge is -2.30. The minimum Gasteiger partial charge on any atom is -0.348 e. The summed E-state index contributed by atoms with van der Waals surface area (Å²) in [4.78, 5) is 0. The van der Waals surface area contributed by atoms with Crippen molar-refractivity contribution >= 4 is 7.32 Å². The molecule has 0 aliphatic heterocycles. The van der Waals surface area contributed by atoms with E-state index >= 15 is 13.2 Å². The van der Waals surface area contributed by atoms with Gasteiger partial charge in [-0.2, -0.15) is 26.3 Å². The molecule has 31 heavy (non-hydrogen) atoms. The van der Waals surface area contributed by atoms with Gasteiger partial charge in [-0.25, -0.2) is 13.2 Å². The zero-order valence-corrected chi connectivity index (χ0v) is 16.1. The van der Waals surface area contributed by atoms with Crippen LogP contribution in [0.4, 0.5) is 39.5 Å². The molecule has 174 valence electrons. The molecule has 0 saturated heterocycles. The van der Waals surface area contributed by atoms with Gasteiger partial charge in [0.15, 0.2) is 0 Å². The minimum atomic E-state index is -4.10. The van der Waals surface area contributed by atoms with Gasteiger partial charge in [-0.15, -0.1) is 0 Å². The molecule has 3 spiro atoms. The van der Waals surface area contributed by atoms with Crippen molar-refractivity contribution in [3.05, 3.63) is 0 Å². The van der Waals surface area contributed by atoms with Crippen molar-refractivity contribution in [2.24, 2.45) is 16.2 Å². The van der Waals surface area contributed by atoms with E-state index in [9.17, 15) is 26.3 Å².